The van der Waals surface area contributed by atoms with Gasteiger partial charge in [-0.1, -0.05) is 6.92 Å². The van der Waals surface area contributed by atoms with E-state index in [2.05, 4.69) is 22.5 Å². The molecule has 1 saturated heterocycles. The molecule has 11 heteroatoms. The Kier molecular flexibility index (Phi) is 9.34. The fraction of sp³-hybridized carbons (Fsp3) is 0.750. The van der Waals surface area contributed by atoms with Gasteiger partial charge >= 0.3 is 24.0 Å². The summed E-state index contributed by atoms with van der Waals surface area (Å²) in [5, 5.41) is 24.8. The second-order valence-corrected chi connectivity index (χ2v) is 9.49. The van der Waals surface area contributed by atoms with Crippen molar-refractivity contribution >= 4 is 24.0 Å². The topological polar surface area (TPSA) is 154 Å². The zero-order chi connectivity index (χ0) is 25.4. The number of carbonyl (C=O) groups excluding carboxylic acids is 2. The number of alkyl carbamates (subject to hydrolysis) is 1. The molecule has 4 N–H and O–H groups in total. The van der Waals surface area contributed by atoms with Crippen LogP contribution in [0.4, 0.5) is 4.79 Å². The van der Waals surface area contributed by atoms with Gasteiger partial charge in [-0.2, -0.15) is 0 Å². The SMILES string of the molecule is CCC(=O)OCC1(CC(NC(=O)OCC2C3CCC#CCCC32)C(=O)O)CNCCN1CC(=O)O. The number of piperazine rings is 1. The van der Waals surface area contributed by atoms with E-state index in [1.807, 2.05) is 0 Å². The second kappa shape index (κ2) is 12.2. The van der Waals surface area contributed by atoms with Crippen LogP contribution in [-0.4, -0.2) is 90.1 Å². The summed E-state index contributed by atoms with van der Waals surface area (Å²) in [6.45, 7) is 2.32. The number of amides is 1. The summed E-state index contributed by atoms with van der Waals surface area (Å²) < 4.78 is 10.7. The average molecular weight is 494 g/mol. The number of ether oxygens (including phenoxy) is 2. The third-order valence-corrected chi connectivity index (χ3v) is 7.22. The average Bonchev–Trinajstić information content (AvgIpc) is 3.45. The Labute approximate surface area is 204 Å². The summed E-state index contributed by atoms with van der Waals surface area (Å²) in [6, 6.07) is -1.36. The lowest BCUT2D eigenvalue weighted by atomic mass is 9.87. The molecule has 0 aromatic rings. The van der Waals surface area contributed by atoms with Crippen molar-refractivity contribution in [3.8, 4) is 11.8 Å². The molecular weight excluding hydrogens is 458 g/mol. The van der Waals surface area contributed by atoms with Crippen molar-refractivity contribution < 1.29 is 38.9 Å². The number of nitrogens with zero attached hydrogens (tertiary/aromatic N) is 1. The van der Waals surface area contributed by atoms with E-state index in [4.69, 9.17) is 9.47 Å². The highest BCUT2D eigenvalue weighted by Gasteiger charge is 2.49. The minimum atomic E-state index is -1.36. The predicted octanol–water partition coefficient (Wildman–Crippen LogP) is 0.677. The standard InChI is InChI=1S/C24H35N3O8/c1-2-21(30)35-15-24(14-25-9-10-27(24)12-20(28)29)11-19(22(31)32)26-23(33)34-13-18-16-7-5-3-4-6-8-17(16)18/h16-19,25H,2,5-15H2,1H3,(H,26,33)(H,28,29)(H,31,32). The lowest BCUT2D eigenvalue weighted by Crippen LogP contribution is -2.67. The molecule has 3 rings (SSSR count). The van der Waals surface area contributed by atoms with Gasteiger partial charge in [0.05, 0.1) is 18.7 Å². The molecule has 2 fully saturated rings. The third kappa shape index (κ3) is 7.32. The highest BCUT2D eigenvalue weighted by molar-refractivity contribution is 5.80. The van der Waals surface area contributed by atoms with E-state index in [9.17, 15) is 29.4 Å². The number of rotatable bonds is 11. The zero-order valence-electron chi connectivity index (χ0n) is 20.1. The molecule has 1 heterocycles. The highest BCUT2D eigenvalue weighted by atomic mass is 16.6. The Hall–Kier alpha value is -2.84. The molecule has 4 atom stereocenters. The van der Waals surface area contributed by atoms with Gasteiger partial charge in [0.15, 0.2) is 0 Å². The summed E-state index contributed by atoms with van der Waals surface area (Å²) in [7, 11) is 0. The highest BCUT2D eigenvalue weighted by Crippen LogP contribution is 2.52. The number of aliphatic carboxylic acids is 2. The molecule has 3 aliphatic rings. The first-order valence-electron chi connectivity index (χ1n) is 12.2. The molecule has 0 aromatic carbocycles. The number of nitrogens with one attached hydrogen (secondary N) is 2. The predicted molar refractivity (Wildman–Crippen MR) is 123 cm³/mol. The van der Waals surface area contributed by atoms with Gasteiger partial charge in [-0.05, 0) is 30.6 Å². The molecule has 1 amide bonds. The lowest BCUT2D eigenvalue weighted by Gasteiger charge is -2.47. The maximum absolute atomic E-state index is 12.5. The molecule has 0 bridgehead atoms. The van der Waals surface area contributed by atoms with Crippen molar-refractivity contribution in [1.82, 2.24) is 15.5 Å². The Morgan fingerprint density at radius 3 is 2.43 bits per heavy atom. The summed E-state index contributed by atoms with van der Waals surface area (Å²) >= 11 is 0. The van der Waals surface area contributed by atoms with Crippen LogP contribution in [0, 0.1) is 29.6 Å². The van der Waals surface area contributed by atoms with E-state index in [1.54, 1.807) is 11.8 Å². The molecule has 1 aliphatic heterocycles. The van der Waals surface area contributed by atoms with Crippen molar-refractivity contribution in [3.63, 3.8) is 0 Å². The first-order valence-corrected chi connectivity index (χ1v) is 12.2. The number of carboxylic acids is 2. The van der Waals surface area contributed by atoms with Crippen LogP contribution in [0.3, 0.4) is 0 Å². The van der Waals surface area contributed by atoms with E-state index in [0.29, 0.717) is 24.9 Å². The van der Waals surface area contributed by atoms with Crippen LogP contribution in [0.1, 0.15) is 45.4 Å². The number of carboxylic acid groups (broad SMARTS) is 2. The molecule has 0 aromatic heterocycles. The van der Waals surface area contributed by atoms with E-state index >= 15 is 0 Å². The van der Waals surface area contributed by atoms with Crippen molar-refractivity contribution in [2.45, 2.75) is 57.0 Å². The van der Waals surface area contributed by atoms with Crippen LogP contribution < -0.4 is 10.6 Å². The van der Waals surface area contributed by atoms with Crippen molar-refractivity contribution in [2.24, 2.45) is 17.8 Å². The van der Waals surface area contributed by atoms with Gasteiger partial charge in [0.25, 0.3) is 0 Å². The van der Waals surface area contributed by atoms with Gasteiger partial charge in [-0.25, -0.2) is 9.59 Å². The number of hydrogen-bond donors (Lipinski definition) is 4. The number of hydrogen-bond acceptors (Lipinski definition) is 8. The Morgan fingerprint density at radius 1 is 1.14 bits per heavy atom. The first kappa shape index (κ1) is 26.8. The van der Waals surface area contributed by atoms with Gasteiger partial charge in [0.2, 0.25) is 0 Å². The molecule has 0 radical (unpaired) electrons. The third-order valence-electron chi connectivity index (χ3n) is 7.22. The smallest absolute Gasteiger partial charge is 0.407 e. The molecule has 11 nitrogen and oxygen atoms in total. The fourth-order valence-electron chi connectivity index (χ4n) is 5.23. The van der Waals surface area contributed by atoms with E-state index < -0.39 is 35.6 Å². The van der Waals surface area contributed by atoms with Crippen molar-refractivity contribution in [3.05, 3.63) is 0 Å². The van der Waals surface area contributed by atoms with Crippen LogP contribution in [0.25, 0.3) is 0 Å². The lowest BCUT2D eigenvalue weighted by molar-refractivity contribution is -0.152. The van der Waals surface area contributed by atoms with Gasteiger partial charge in [0.1, 0.15) is 12.6 Å². The van der Waals surface area contributed by atoms with Crippen molar-refractivity contribution in [1.29, 1.82) is 0 Å². The minimum Gasteiger partial charge on any atom is -0.480 e. The Morgan fingerprint density at radius 2 is 1.83 bits per heavy atom. The number of carbonyl (C=O) groups is 4. The maximum atomic E-state index is 12.5. The molecule has 1 saturated carbocycles. The van der Waals surface area contributed by atoms with Gasteiger partial charge in [-0.15, -0.1) is 11.8 Å². The quantitative estimate of drug-likeness (QED) is 0.238. The molecule has 35 heavy (non-hydrogen) atoms. The molecule has 0 spiro atoms. The summed E-state index contributed by atoms with van der Waals surface area (Å²) in [6.07, 6.45) is 2.79. The van der Waals surface area contributed by atoms with Gasteiger partial charge in [0, 0.05) is 45.3 Å². The molecule has 2 aliphatic carbocycles. The molecule has 194 valence electrons. The van der Waals surface area contributed by atoms with Crippen molar-refractivity contribution in [2.75, 3.05) is 39.4 Å². The van der Waals surface area contributed by atoms with E-state index in [1.165, 1.54) is 0 Å². The Balaban J connectivity index is 1.63. The van der Waals surface area contributed by atoms with E-state index in [-0.39, 0.29) is 45.1 Å². The second-order valence-electron chi connectivity index (χ2n) is 9.49. The monoisotopic (exact) mass is 493 g/mol. The van der Waals surface area contributed by atoms with E-state index in [0.717, 1.165) is 25.7 Å². The zero-order valence-corrected chi connectivity index (χ0v) is 20.1. The van der Waals surface area contributed by atoms with Crippen LogP contribution in [-0.2, 0) is 23.9 Å². The largest absolute Gasteiger partial charge is 0.480 e. The summed E-state index contributed by atoms with van der Waals surface area (Å²) in [5.41, 5.74) is -1.13. The maximum Gasteiger partial charge on any atom is 0.407 e. The number of esters is 1. The first-order chi connectivity index (χ1) is 16.8. The van der Waals surface area contributed by atoms with Crippen LogP contribution in [0.2, 0.25) is 0 Å². The van der Waals surface area contributed by atoms with Crippen LogP contribution >= 0.6 is 0 Å². The Bertz CT molecular complexity index is 851. The van der Waals surface area contributed by atoms with Crippen LogP contribution in [0.15, 0.2) is 0 Å². The van der Waals surface area contributed by atoms with Gasteiger partial charge < -0.3 is 30.3 Å². The summed E-state index contributed by atoms with van der Waals surface area (Å²) in [4.78, 5) is 49.5. The van der Waals surface area contributed by atoms with Crippen LogP contribution in [0.5, 0.6) is 0 Å². The normalized spacial score (nSPS) is 28.7. The summed E-state index contributed by atoms with van der Waals surface area (Å²) in [5.74, 6) is 4.66. The number of fused-ring (bicyclic) bond motifs is 1. The van der Waals surface area contributed by atoms with Gasteiger partial charge in [-0.3, -0.25) is 14.5 Å². The molecular formula is C24H35N3O8. The minimum absolute atomic E-state index is 0.130. The molecule has 4 unspecified atom stereocenters. The fourth-order valence-corrected chi connectivity index (χ4v) is 5.23.